The van der Waals surface area contributed by atoms with Crippen LogP contribution in [0.15, 0.2) is 65.6 Å². The van der Waals surface area contributed by atoms with E-state index in [1.807, 2.05) is 36.4 Å². The first-order valence-electron chi connectivity index (χ1n) is 7.24. The summed E-state index contributed by atoms with van der Waals surface area (Å²) in [7, 11) is -3.61. The molecule has 0 spiro atoms. The summed E-state index contributed by atoms with van der Waals surface area (Å²) >= 11 is 0. The van der Waals surface area contributed by atoms with Crippen LogP contribution in [0.1, 0.15) is 12.1 Å². The molecule has 3 rings (SSSR count). The molecule has 2 N–H and O–H groups in total. The van der Waals surface area contributed by atoms with Gasteiger partial charge in [-0.15, -0.1) is 0 Å². The fourth-order valence-corrected chi connectivity index (χ4v) is 4.22. The lowest BCUT2D eigenvalue weighted by molar-refractivity contribution is 0.586. The van der Waals surface area contributed by atoms with Crippen molar-refractivity contribution in [3.63, 3.8) is 0 Å². The predicted octanol–water partition coefficient (Wildman–Crippen LogP) is 2.77. The van der Waals surface area contributed by atoms with E-state index in [0.29, 0.717) is 23.4 Å². The van der Waals surface area contributed by atoms with E-state index in [1.165, 1.54) is 3.97 Å². The van der Waals surface area contributed by atoms with Crippen LogP contribution in [-0.2, 0) is 16.4 Å². The average molecular weight is 314 g/mol. The zero-order chi connectivity index (χ0) is 15.6. The molecule has 0 aliphatic heterocycles. The SMILES string of the molecule is NCCCc1cc2ccccc2n1S(=O)(=O)c1ccccc1. The predicted molar refractivity (Wildman–Crippen MR) is 88.3 cm³/mol. The van der Waals surface area contributed by atoms with Crippen molar-refractivity contribution in [2.75, 3.05) is 6.54 Å². The first-order valence-corrected chi connectivity index (χ1v) is 8.68. The smallest absolute Gasteiger partial charge is 0.268 e. The van der Waals surface area contributed by atoms with Gasteiger partial charge < -0.3 is 5.73 Å². The van der Waals surface area contributed by atoms with Crippen LogP contribution < -0.4 is 5.73 Å². The Morgan fingerprint density at radius 1 is 0.955 bits per heavy atom. The number of nitrogens with zero attached hydrogens (tertiary/aromatic N) is 1. The number of fused-ring (bicyclic) bond motifs is 1. The summed E-state index contributed by atoms with van der Waals surface area (Å²) in [6.45, 7) is 0.535. The number of rotatable bonds is 5. The second kappa shape index (κ2) is 5.94. The molecule has 0 saturated carbocycles. The fourth-order valence-electron chi connectivity index (χ4n) is 2.63. The van der Waals surface area contributed by atoms with Crippen LogP contribution in [-0.4, -0.2) is 18.9 Å². The Morgan fingerprint density at radius 3 is 2.36 bits per heavy atom. The van der Waals surface area contributed by atoms with E-state index in [4.69, 9.17) is 5.73 Å². The van der Waals surface area contributed by atoms with Gasteiger partial charge in [0, 0.05) is 11.1 Å². The third kappa shape index (κ3) is 2.53. The molecule has 0 radical (unpaired) electrons. The average Bonchev–Trinajstić information content (AvgIpc) is 2.92. The highest BCUT2D eigenvalue weighted by molar-refractivity contribution is 7.90. The molecule has 1 aromatic heterocycles. The van der Waals surface area contributed by atoms with Gasteiger partial charge in [-0.2, -0.15) is 0 Å². The van der Waals surface area contributed by atoms with Crippen molar-refractivity contribution < 1.29 is 8.42 Å². The molecule has 22 heavy (non-hydrogen) atoms. The van der Waals surface area contributed by atoms with Gasteiger partial charge in [-0.25, -0.2) is 12.4 Å². The maximum Gasteiger partial charge on any atom is 0.268 e. The normalized spacial score (nSPS) is 11.9. The summed E-state index contributed by atoms with van der Waals surface area (Å²) in [6.07, 6.45) is 1.39. The molecule has 1 heterocycles. The Kier molecular flexibility index (Phi) is 4.00. The Labute approximate surface area is 130 Å². The van der Waals surface area contributed by atoms with Gasteiger partial charge in [-0.05, 0) is 43.7 Å². The van der Waals surface area contributed by atoms with E-state index in [1.54, 1.807) is 24.3 Å². The number of aromatic nitrogens is 1. The molecule has 4 nitrogen and oxygen atoms in total. The van der Waals surface area contributed by atoms with Crippen LogP contribution in [0.25, 0.3) is 10.9 Å². The molecule has 0 bridgehead atoms. The topological polar surface area (TPSA) is 65.1 Å². The van der Waals surface area contributed by atoms with E-state index in [-0.39, 0.29) is 0 Å². The van der Waals surface area contributed by atoms with Crippen molar-refractivity contribution in [1.82, 2.24) is 3.97 Å². The fraction of sp³-hybridized carbons (Fsp3) is 0.176. The zero-order valence-corrected chi connectivity index (χ0v) is 13.0. The molecule has 3 aromatic rings. The summed E-state index contributed by atoms with van der Waals surface area (Å²) in [4.78, 5) is 0.297. The number of benzene rings is 2. The molecule has 0 atom stereocenters. The van der Waals surface area contributed by atoms with Gasteiger partial charge in [0.25, 0.3) is 10.0 Å². The first kappa shape index (κ1) is 14.8. The molecular formula is C17H18N2O2S. The minimum Gasteiger partial charge on any atom is -0.330 e. The van der Waals surface area contributed by atoms with Crippen LogP contribution in [0.5, 0.6) is 0 Å². The molecule has 0 aliphatic carbocycles. The van der Waals surface area contributed by atoms with Crippen molar-refractivity contribution in [2.24, 2.45) is 5.73 Å². The second-order valence-electron chi connectivity index (χ2n) is 5.17. The molecule has 0 amide bonds. The van der Waals surface area contributed by atoms with Crippen LogP contribution in [0.3, 0.4) is 0 Å². The lowest BCUT2D eigenvalue weighted by atomic mass is 10.2. The van der Waals surface area contributed by atoms with Crippen molar-refractivity contribution in [1.29, 1.82) is 0 Å². The highest BCUT2D eigenvalue weighted by Gasteiger charge is 2.22. The van der Waals surface area contributed by atoms with E-state index < -0.39 is 10.0 Å². The highest BCUT2D eigenvalue weighted by atomic mass is 32.2. The lowest BCUT2D eigenvalue weighted by Crippen LogP contribution is -2.16. The molecular weight excluding hydrogens is 296 g/mol. The second-order valence-corrected chi connectivity index (χ2v) is 6.96. The maximum absolute atomic E-state index is 13.0. The van der Waals surface area contributed by atoms with Crippen molar-refractivity contribution >= 4 is 20.9 Å². The van der Waals surface area contributed by atoms with E-state index in [9.17, 15) is 8.42 Å². The minimum atomic E-state index is -3.61. The maximum atomic E-state index is 13.0. The number of para-hydroxylation sites is 1. The van der Waals surface area contributed by atoms with Crippen LogP contribution >= 0.6 is 0 Å². The van der Waals surface area contributed by atoms with Crippen molar-refractivity contribution in [3.8, 4) is 0 Å². The first-order chi connectivity index (χ1) is 10.6. The molecule has 2 aromatic carbocycles. The lowest BCUT2D eigenvalue weighted by Gasteiger charge is -2.11. The quantitative estimate of drug-likeness (QED) is 0.787. The molecule has 0 fully saturated rings. The third-order valence-electron chi connectivity index (χ3n) is 3.66. The Hall–Kier alpha value is -2.11. The van der Waals surface area contributed by atoms with Gasteiger partial charge in [0.15, 0.2) is 0 Å². The summed E-state index contributed by atoms with van der Waals surface area (Å²) in [5.41, 5.74) is 7.06. The Bertz CT molecular complexity index is 883. The van der Waals surface area contributed by atoms with Gasteiger partial charge >= 0.3 is 0 Å². The number of hydrogen-bond acceptors (Lipinski definition) is 3. The number of nitrogens with two attached hydrogens (primary N) is 1. The van der Waals surface area contributed by atoms with Gasteiger partial charge in [0.05, 0.1) is 10.4 Å². The van der Waals surface area contributed by atoms with Gasteiger partial charge in [-0.3, -0.25) is 0 Å². The molecule has 0 saturated heterocycles. The largest absolute Gasteiger partial charge is 0.330 e. The van der Waals surface area contributed by atoms with Crippen molar-refractivity contribution in [2.45, 2.75) is 17.7 Å². The van der Waals surface area contributed by atoms with Crippen LogP contribution in [0, 0.1) is 0 Å². The minimum absolute atomic E-state index is 0.297. The monoisotopic (exact) mass is 314 g/mol. The van der Waals surface area contributed by atoms with Gasteiger partial charge in [0.2, 0.25) is 0 Å². The molecule has 0 aliphatic rings. The van der Waals surface area contributed by atoms with E-state index in [2.05, 4.69) is 0 Å². The zero-order valence-electron chi connectivity index (χ0n) is 12.1. The van der Waals surface area contributed by atoms with Crippen molar-refractivity contribution in [3.05, 3.63) is 66.4 Å². The molecule has 0 unspecified atom stereocenters. The highest BCUT2D eigenvalue weighted by Crippen LogP contribution is 2.26. The number of hydrogen-bond donors (Lipinski definition) is 1. The Balaban J connectivity index is 2.24. The summed E-state index contributed by atoms with van der Waals surface area (Å²) in [6, 6.07) is 18.0. The van der Waals surface area contributed by atoms with Gasteiger partial charge in [0.1, 0.15) is 0 Å². The Morgan fingerprint density at radius 2 is 1.64 bits per heavy atom. The standard InChI is InChI=1S/C17H18N2O2S/c18-12-6-8-15-13-14-7-4-5-11-17(14)19(15)22(20,21)16-9-2-1-3-10-16/h1-5,7,9-11,13H,6,8,12,18H2. The molecule has 114 valence electrons. The van der Waals surface area contributed by atoms with E-state index in [0.717, 1.165) is 17.5 Å². The molecule has 5 heteroatoms. The third-order valence-corrected chi connectivity index (χ3v) is 5.44. The van der Waals surface area contributed by atoms with Gasteiger partial charge in [-0.1, -0.05) is 36.4 Å². The summed E-state index contributed by atoms with van der Waals surface area (Å²) in [5.74, 6) is 0. The summed E-state index contributed by atoms with van der Waals surface area (Å²) in [5, 5.41) is 0.925. The number of aryl methyl sites for hydroxylation is 1. The summed E-state index contributed by atoms with van der Waals surface area (Å²) < 4.78 is 27.5. The van der Waals surface area contributed by atoms with Crippen LogP contribution in [0.2, 0.25) is 0 Å². The van der Waals surface area contributed by atoms with Crippen LogP contribution in [0.4, 0.5) is 0 Å². The van der Waals surface area contributed by atoms with E-state index >= 15 is 0 Å².